The summed E-state index contributed by atoms with van der Waals surface area (Å²) in [5.41, 5.74) is -0.846. The van der Waals surface area contributed by atoms with Gasteiger partial charge in [0, 0.05) is 32.1 Å². The van der Waals surface area contributed by atoms with Gasteiger partial charge in [-0.15, -0.1) is 0 Å². The molecule has 0 aromatic rings. The minimum absolute atomic E-state index is 0.0337. The number of nitrogens with zero attached hydrogens (tertiary/aromatic N) is 1. The van der Waals surface area contributed by atoms with Crippen LogP contribution in [0.5, 0.6) is 0 Å². The van der Waals surface area contributed by atoms with Gasteiger partial charge in [0.2, 0.25) is 5.91 Å². The Hall–Kier alpha value is -1.79. The number of carboxylic acids is 1. The van der Waals surface area contributed by atoms with E-state index in [-0.39, 0.29) is 18.5 Å². The van der Waals surface area contributed by atoms with Gasteiger partial charge in [-0.25, -0.2) is 4.79 Å². The molecule has 2 fully saturated rings. The Bertz CT molecular complexity index is 436. The third kappa shape index (κ3) is 4.34. The van der Waals surface area contributed by atoms with Crippen LogP contribution >= 0.6 is 0 Å². The maximum Gasteiger partial charge on any atom is 0.317 e. The van der Waals surface area contributed by atoms with Crippen LogP contribution in [0, 0.1) is 5.41 Å². The monoisotopic (exact) mass is 297 g/mol. The number of nitrogens with one attached hydrogen (secondary N) is 2. The fraction of sp³-hybridized carbons (Fsp3) is 0.786. The minimum Gasteiger partial charge on any atom is -0.481 e. The zero-order valence-corrected chi connectivity index (χ0v) is 12.4. The quantitative estimate of drug-likeness (QED) is 0.623. The van der Waals surface area contributed by atoms with Crippen molar-refractivity contribution in [1.29, 1.82) is 0 Å². The second-order valence-corrected chi connectivity index (χ2v) is 6.21. The summed E-state index contributed by atoms with van der Waals surface area (Å²) in [5.74, 6) is -0.832. The summed E-state index contributed by atoms with van der Waals surface area (Å²) in [7, 11) is 0. The SMILES string of the molecule is CC1(C(=O)O)CCN(C(=O)NCCCC(=O)NC2CC2)C1. The fourth-order valence-corrected chi connectivity index (χ4v) is 2.39. The van der Waals surface area contributed by atoms with Crippen LogP contribution in [0.1, 0.15) is 39.0 Å². The van der Waals surface area contributed by atoms with Gasteiger partial charge in [0.05, 0.1) is 5.41 Å². The molecule has 3 N–H and O–H groups in total. The highest BCUT2D eigenvalue weighted by atomic mass is 16.4. The maximum atomic E-state index is 11.9. The number of urea groups is 1. The molecule has 118 valence electrons. The molecule has 2 aliphatic rings. The van der Waals surface area contributed by atoms with E-state index in [4.69, 9.17) is 5.11 Å². The number of carboxylic acid groups (broad SMARTS) is 1. The standard InChI is InChI=1S/C14H23N3O4/c1-14(12(19)20)6-8-17(9-14)13(21)15-7-2-3-11(18)16-10-4-5-10/h10H,2-9H2,1H3,(H,15,21)(H,16,18)(H,19,20). The lowest BCUT2D eigenvalue weighted by molar-refractivity contribution is -0.147. The molecule has 7 nitrogen and oxygen atoms in total. The molecule has 1 atom stereocenters. The van der Waals surface area contributed by atoms with Crippen molar-refractivity contribution in [2.75, 3.05) is 19.6 Å². The van der Waals surface area contributed by atoms with Crippen molar-refractivity contribution in [3.05, 3.63) is 0 Å². The van der Waals surface area contributed by atoms with Gasteiger partial charge in [-0.3, -0.25) is 9.59 Å². The van der Waals surface area contributed by atoms with Gasteiger partial charge in [0.15, 0.2) is 0 Å². The van der Waals surface area contributed by atoms with Crippen molar-refractivity contribution < 1.29 is 19.5 Å². The van der Waals surface area contributed by atoms with E-state index in [0.717, 1.165) is 12.8 Å². The van der Waals surface area contributed by atoms with Gasteiger partial charge in [0.1, 0.15) is 0 Å². The molecule has 1 unspecified atom stereocenters. The van der Waals surface area contributed by atoms with Crippen LogP contribution in [0.3, 0.4) is 0 Å². The van der Waals surface area contributed by atoms with E-state index in [1.54, 1.807) is 6.92 Å². The Morgan fingerprint density at radius 2 is 2.05 bits per heavy atom. The van der Waals surface area contributed by atoms with Crippen molar-refractivity contribution in [2.45, 2.75) is 45.1 Å². The fourth-order valence-electron chi connectivity index (χ4n) is 2.39. The first-order valence-corrected chi connectivity index (χ1v) is 7.46. The second-order valence-electron chi connectivity index (χ2n) is 6.21. The van der Waals surface area contributed by atoms with Crippen LogP contribution in [-0.4, -0.2) is 53.6 Å². The zero-order chi connectivity index (χ0) is 15.5. The number of rotatable bonds is 6. The van der Waals surface area contributed by atoms with Gasteiger partial charge >= 0.3 is 12.0 Å². The molecular formula is C14H23N3O4. The number of hydrogen-bond acceptors (Lipinski definition) is 3. The molecule has 0 aromatic carbocycles. The first-order chi connectivity index (χ1) is 9.90. The molecule has 2 rings (SSSR count). The number of aliphatic carboxylic acids is 1. The van der Waals surface area contributed by atoms with Crippen molar-refractivity contribution in [1.82, 2.24) is 15.5 Å². The van der Waals surface area contributed by atoms with Crippen LogP contribution in [-0.2, 0) is 9.59 Å². The number of hydrogen-bond donors (Lipinski definition) is 3. The normalized spacial score (nSPS) is 24.7. The Morgan fingerprint density at radius 1 is 1.33 bits per heavy atom. The molecule has 3 amide bonds. The van der Waals surface area contributed by atoms with E-state index in [1.165, 1.54) is 4.90 Å². The maximum absolute atomic E-state index is 11.9. The lowest BCUT2D eigenvalue weighted by atomic mass is 9.90. The van der Waals surface area contributed by atoms with Crippen LogP contribution < -0.4 is 10.6 Å². The molecule has 0 bridgehead atoms. The summed E-state index contributed by atoms with van der Waals surface area (Å²) >= 11 is 0. The first-order valence-electron chi connectivity index (χ1n) is 7.46. The van der Waals surface area contributed by atoms with E-state index in [0.29, 0.717) is 38.4 Å². The highest BCUT2D eigenvalue weighted by Crippen LogP contribution is 2.29. The molecule has 7 heteroatoms. The number of likely N-dealkylation sites (tertiary alicyclic amines) is 1. The Balaban J connectivity index is 1.61. The van der Waals surface area contributed by atoms with Gasteiger partial charge in [-0.1, -0.05) is 0 Å². The molecule has 0 aromatic heterocycles. The molecule has 1 saturated heterocycles. The summed E-state index contributed by atoms with van der Waals surface area (Å²) in [6, 6.07) is 0.118. The van der Waals surface area contributed by atoms with Gasteiger partial charge in [-0.05, 0) is 32.6 Å². The van der Waals surface area contributed by atoms with E-state index >= 15 is 0 Å². The van der Waals surface area contributed by atoms with Gasteiger partial charge in [-0.2, -0.15) is 0 Å². The third-order valence-corrected chi connectivity index (χ3v) is 4.08. The van der Waals surface area contributed by atoms with E-state index in [1.807, 2.05) is 0 Å². The van der Waals surface area contributed by atoms with Gasteiger partial charge < -0.3 is 20.6 Å². The Morgan fingerprint density at radius 3 is 2.62 bits per heavy atom. The second kappa shape index (κ2) is 6.32. The third-order valence-electron chi connectivity index (χ3n) is 4.08. The lowest BCUT2D eigenvalue weighted by Gasteiger charge is -2.20. The molecule has 1 saturated carbocycles. The molecule has 0 radical (unpaired) electrons. The Labute approximate surface area is 124 Å². The molecule has 1 heterocycles. The number of carbonyl (C=O) groups is 3. The average molecular weight is 297 g/mol. The molecule has 21 heavy (non-hydrogen) atoms. The first kappa shape index (κ1) is 15.6. The van der Waals surface area contributed by atoms with Crippen LogP contribution in [0.4, 0.5) is 4.79 Å². The van der Waals surface area contributed by atoms with Crippen LogP contribution in [0.2, 0.25) is 0 Å². The molecule has 1 aliphatic heterocycles. The smallest absolute Gasteiger partial charge is 0.317 e. The molecule has 1 aliphatic carbocycles. The number of carbonyl (C=O) groups excluding carboxylic acids is 2. The van der Waals surface area contributed by atoms with Crippen molar-refractivity contribution in [3.8, 4) is 0 Å². The summed E-state index contributed by atoms with van der Waals surface area (Å²) in [4.78, 5) is 36.0. The minimum atomic E-state index is -0.866. The van der Waals surface area contributed by atoms with E-state index < -0.39 is 11.4 Å². The molecular weight excluding hydrogens is 274 g/mol. The summed E-state index contributed by atoms with van der Waals surface area (Å²) < 4.78 is 0. The van der Waals surface area contributed by atoms with Crippen molar-refractivity contribution >= 4 is 17.9 Å². The van der Waals surface area contributed by atoms with Crippen molar-refractivity contribution in [2.24, 2.45) is 5.41 Å². The lowest BCUT2D eigenvalue weighted by Crippen LogP contribution is -2.41. The summed E-state index contributed by atoms with van der Waals surface area (Å²) in [6.07, 6.45) is 3.61. The molecule has 0 spiro atoms. The van der Waals surface area contributed by atoms with Crippen molar-refractivity contribution in [3.63, 3.8) is 0 Å². The van der Waals surface area contributed by atoms with E-state index in [2.05, 4.69) is 10.6 Å². The Kier molecular flexibility index (Phi) is 4.69. The highest BCUT2D eigenvalue weighted by molar-refractivity contribution is 5.79. The number of amides is 3. The summed E-state index contributed by atoms with van der Waals surface area (Å²) in [5, 5.41) is 14.8. The largest absolute Gasteiger partial charge is 0.481 e. The highest BCUT2D eigenvalue weighted by Gasteiger charge is 2.42. The van der Waals surface area contributed by atoms with E-state index in [9.17, 15) is 14.4 Å². The zero-order valence-electron chi connectivity index (χ0n) is 12.4. The predicted molar refractivity (Wildman–Crippen MR) is 75.7 cm³/mol. The predicted octanol–water partition coefficient (Wildman–Crippen LogP) is 0.551. The van der Waals surface area contributed by atoms with Crippen LogP contribution in [0.25, 0.3) is 0 Å². The topological polar surface area (TPSA) is 98.7 Å². The summed E-state index contributed by atoms with van der Waals surface area (Å²) in [6.45, 7) is 2.77. The average Bonchev–Trinajstić information content (AvgIpc) is 3.13. The van der Waals surface area contributed by atoms with Crippen LogP contribution in [0.15, 0.2) is 0 Å². The van der Waals surface area contributed by atoms with Gasteiger partial charge in [0.25, 0.3) is 0 Å².